The molecule has 0 bridgehead atoms. The van der Waals surface area contributed by atoms with E-state index in [9.17, 15) is 4.79 Å². The highest BCUT2D eigenvalue weighted by molar-refractivity contribution is 7.13. The number of likely N-dealkylation sites (tertiary alicyclic amines) is 1. The average Bonchev–Trinajstić information content (AvgIpc) is 3.11. The number of amides is 1. The Morgan fingerprint density at radius 3 is 2.79 bits per heavy atom. The third kappa shape index (κ3) is 4.58. The van der Waals surface area contributed by atoms with E-state index in [1.807, 2.05) is 0 Å². The van der Waals surface area contributed by atoms with Crippen molar-refractivity contribution in [3.63, 3.8) is 0 Å². The number of piperidine rings is 1. The van der Waals surface area contributed by atoms with Crippen molar-refractivity contribution in [2.24, 2.45) is 5.92 Å². The lowest BCUT2D eigenvalue weighted by atomic mass is 10.1. The molecule has 1 saturated heterocycles. The van der Waals surface area contributed by atoms with Gasteiger partial charge in [-0.15, -0.1) is 11.3 Å². The summed E-state index contributed by atoms with van der Waals surface area (Å²) in [6.45, 7) is 6.26. The first-order valence-corrected chi connectivity index (χ1v) is 9.34. The quantitative estimate of drug-likeness (QED) is 0.871. The van der Waals surface area contributed by atoms with Crippen molar-refractivity contribution in [2.75, 3.05) is 26.2 Å². The standard InChI is InChI=1S/C17H23N5OS/c1-13(11-22-8-3-2-4-9-22)10-20-16(23)14-12-24-17(21-14)15-18-6-5-7-19-15/h5-7,12-13H,2-4,8-11H2,1H3,(H,20,23). The minimum atomic E-state index is -0.126. The van der Waals surface area contributed by atoms with Crippen LogP contribution >= 0.6 is 11.3 Å². The highest BCUT2D eigenvalue weighted by Gasteiger charge is 2.16. The molecule has 0 aromatic carbocycles. The van der Waals surface area contributed by atoms with Crippen LogP contribution in [-0.4, -0.2) is 51.9 Å². The monoisotopic (exact) mass is 345 g/mol. The van der Waals surface area contributed by atoms with Gasteiger partial charge in [0, 0.05) is 30.9 Å². The Hall–Kier alpha value is -1.86. The Kier molecular flexibility index (Phi) is 5.87. The molecule has 1 aliphatic rings. The molecule has 24 heavy (non-hydrogen) atoms. The molecule has 128 valence electrons. The van der Waals surface area contributed by atoms with Gasteiger partial charge in [0.2, 0.25) is 0 Å². The summed E-state index contributed by atoms with van der Waals surface area (Å²) in [5, 5.41) is 5.42. The highest BCUT2D eigenvalue weighted by Crippen LogP contribution is 2.19. The van der Waals surface area contributed by atoms with Crippen molar-refractivity contribution in [2.45, 2.75) is 26.2 Å². The summed E-state index contributed by atoms with van der Waals surface area (Å²) < 4.78 is 0. The maximum Gasteiger partial charge on any atom is 0.270 e. The molecule has 0 radical (unpaired) electrons. The van der Waals surface area contributed by atoms with E-state index in [2.05, 4.69) is 32.1 Å². The lowest BCUT2D eigenvalue weighted by Crippen LogP contribution is -2.38. The van der Waals surface area contributed by atoms with Crippen molar-refractivity contribution in [1.29, 1.82) is 0 Å². The van der Waals surface area contributed by atoms with Crippen molar-refractivity contribution >= 4 is 17.2 Å². The smallest absolute Gasteiger partial charge is 0.270 e. The molecule has 1 amide bonds. The van der Waals surface area contributed by atoms with Gasteiger partial charge in [-0.3, -0.25) is 4.79 Å². The van der Waals surface area contributed by atoms with Crippen LogP contribution in [0.25, 0.3) is 10.8 Å². The predicted molar refractivity (Wildman–Crippen MR) is 94.9 cm³/mol. The van der Waals surface area contributed by atoms with Crippen LogP contribution in [-0.2, 0) is 0 Å². The molecule has 1 fully saturated rings. The summed E-state index contributed by atoms with van der Waals surface area (Å²) in [6.07, 6.45) is 7.28. The van der Waals surface area contributed by atoms with E-state index in [-0.39, 0.29) is 5.91 Å². The van der Waals surface area contributed by atoms with Crippen molar-refractivity contribution in [3.8, 4) is 10.8 Å². The van der Waals surface area contributed by atoms with Crippen LogP contribution in [0.2, 0.25) is 0 Å². The van der Waals surface area contributed by atoms with Gasteiger partial charge in [-0.25, -0.2) is 15.0 Å². The van der Waals surface area contributed by atoms with Gasteiger partial charge in [-0.2, -0.15) is 0 Å². The number of carbonyl (C=O) groups is 1. The zero-order valence-electron chi connectivity index (χ0n) is 13.9. The van der Waals surface area contributed by atoms with E-state index in [1.54, 1.807) is 23.8 Å². The van der Waals surface area contributed by atoms with Crippen LogP contribution in [0.4, 0.5) is 0 Å². The second kappa shape index (κ2) is 8.30. The van der Waals surface area contributed by atoms with Gasteiger partial charge < -0.3 is 10.2 Å². The predicted octanol–water partition coefficient (Wildman–Crippen LogP) is 2.45. The van der Waals surface area contributed by atoms with Crippen molar-refractivity contribution in [3.05, 3.63) is 29.5 Å². The third-order valence-electron chi connectivity index (χ3n) is 4.12. The molecule has 2 aromatic heterocycles. The minimum absolute atomic E-state index is 0.126. The molecule has 1 N–H and O–H groups in total. The first-order chi connectivity index (χ1) is 11.7. The molecule has 1 aliphatic heterocycles. The number of carbonyl (C=O) groups excluding carboxylic acids is 1. The fourth-order valence-electron chi connectivity index (χ4n) is 2.90. The molecule has 7 heteroatoms. The average molecular weight is 345 g/mol. The summed E-state index contributed by atoms with van der Waals surface area (Å²) in [5.41, 5.74) is 0.438. The number of rotatable bonds is 6. The maximum atomic E-state index is 12.3. The second-order valence-electron chi connectivity index (χ2n) is 6.29. The van der Waals surface area contributed by atoms with E-state index < -0.39 is 0 Å². The first-order valence-electron chi connectivity index (χ1n) is 8.46. The molecule has 0 spiro atoms. The van der Waals surface area contributed by atoms with Crippen molar-refractivity contribution < 1.29 is 4.79 Å². The van der Waals surface area contributed by atoms with Crippen LogP contribution in [0.5, 0.6) is 0 Å². The molecule has 2 aromatic rings. The van der Waals surface area contributed by atoms with E-state index in [0.29, 0.717) is 29.0 Å². The summed E-state index contributed by atoms with van der Waals surface area (Å²) in [7, 11) is 0. The zero-order valence-corrected chi connectivity index (χ0v) is 14.8. The Morgan fingerprint density at radius 1 is 1.29 bits per heavy atom. The summed E-state index contributed by atoms with van der Waals surface area (Å²) in [4.78, 5) is 27.4. The number of hydrogen-bond acceptors (Lipinski definition) is 6. The summed E-state index contributed by atoms with van der Waals surface area (Å²) >= 11 is 1.39. The van der Waals surface area contributed by atoms with Crippen LogP contribution in [0.1, 0.15) is 36.7 Å². The Bertz CT molecular complexity index is 654. The molecule has 1 atom stereocenters. The molecule has 3 heterocycles. The van der Waals surface area contributed by atoms with Crippen LogP contribution in [0.3, 0.4) is 0 Å². The first kappa shape index (κ1) is 17.0. The minimum Gasteiger partial charge on any atom is -0.350 e. The van der Waals surface area contributed by atoms with Gasteiger partial charge in [-0.05, 0) is 37.9 Å². The van der Waals surface area contributed by atoms with E-state index in [4.69, 9.17) is 0 Å². The number of nitrogens with zero attached hydrogens (tertiary/aromatic N) is 4. The molecule has 0 aliphatic carbocycles. The van der Waals surface area contributed by atoms with E-state index in [0.717, 1.165) is 6.54 Å². The fourth-order valence-corrected chi connectivity index (χ4v) is 3.64. The summed E-state index contributed by atoms with van der Waals surface area (Å²) in [5.74, 6) is 0.863. The van der Waals surface area contributed by atoms with Crippen LogP contribution < -0.4 is 5.32 Å². The molecular weight excluding hydrogens is 322 g/mol. The lowest BCUT2D eigenvalue weighted by Gasteiger charge is -2.29. The second-order valence-corrected chi connectivity index (χ2v) is 7.14. The Balaban J connectivity index is 1.49. The van der Waals surface area contributed by atoms with Gasteiger partial charge >= 0.3 is 0 Å². The highest BCUT2D eigenvalue weighted by atomic mass is 32.1. The van der Waals surface area contributed by atoms with E-state index in [1.165, 1.54) is 43.7 Å². The van der Waals surface area contributed by atoms with Gasteiger partial charge in [-0.1, -0.05) is 13.3 Å². The molecule has 1 unspecified atom stereocenters. The molecular formula is C17H23N5OS. The molecule has 6 nitrogen and oxygen atoms in total. The number of thiazole rings is 1. The fraction of sp³-hybridized carbons (Fsp3) is 0.529. The van der Waals surface area contributed by atoms with E-state index >= 15 is 0 Å². The van der Waals surface area contributed by atoms with Gasteiger partial charge in [0.15, 0.2) is 10.8 Å². The zero-order chi connectivity index (χ0) is 16.8. The molecule has 3 rings (SSSR count). The third-order valence-corrected chi connectivity index (χ3v) is 4.96. The summed E-state index contributed by atoms with van der Waals surface area (Å²) in [6, 6.07) is 1.76. The number of hydrogen-bond donors (Lipinski definition) is 1. The number of nitrogens with one attached hydrogen (secondary N) is 1. The lowest BCUT2D eigenvalue weighted by molar-refractivity contribution is 0.0938. The maximum absolute atomic E-state index is 12.3. The van der Waals surface area contributed by atoms with Crippen LogP contribution in [0, 0.1) is 5.92 Å². The van der Waals surface area contributed by atoms with Crippen molar-refractivity contribution in [1.82, 2.24) is 25.2 Å². The number of aromatic nitrogens is 3. The van der Waals surface area contributed by atoms with Crippen LogP contribution in [0.15, 0.2) is 23.8 Å². The SMILES string of the molecule is CC(CNC(=O)c1csc(-c2ncccn2)n1)CN1CCCCC1. The largest absolute Gasteiger partial charge is 0.350 e. The van der Waals surface area contributed by atoms with Gasteiger partial charge in [0.25, 0.3) is 5.91 Å². The van der Waals surface area contributed by atoms with Gasteiger partial charge in [0.05, 0.1) is 0 Å². The Labute approximate surface area is 146 Å². The normalized spacial score (nSPS) is 16.7. The topological polar surface area (TPSA) is 71.0 Å². The Morgan fingerprint density at radius 2 is 2.04 bits per heavy atom. The molecule has 0 saturated carbocycles. The van der Waals surface area contributed by atoms with Gasteiger partial charge in [0.1, 0.15) is 5.69 Å².